The van der Waals surface area contributed by atoms with Crippen LogP contribution in [0.15, 0.2) is 58.4 Å². The van der Waals surface area contributed by atoms with Gasteiger partial charge in [-0.25, -0.2) is 4.90 Å². The summed E-state index contributed by atoms with van der Waals surface area (Å²) in [5, 5.41) is 0.371. The van der Waals surface area contributed by atoms with Gasteiger partial charge in [-0.15, -0.1) is 0 Å². The average Bonchev–Trinajstić information content (AvgIpc) is 3.43. The van der Waals surface area contributed by atoms with Gasteiger partial charge >= 0.3 is 4.87 Å². The van der Waals surface area contributed by atoms with Crippen LogP contribution in [0.3, 0.4) is 0 Å². The minimum atomic E-state index is -0.746. The fraction of sp³-hybridized carbons (Fsp3) is 0.333. The van der Waals surface area contributed by atoms with Crippen LogP contribution in [-0.4, -0.2) is 52.6 Å². The molecule has 8 nitrogen and oxygen atoms in total. The number of aromatic nitrogens is 1. The molecular weight excluding hydrogens is 546 g/mol. The number of para-hydroxylation sites is 1. The minimum Gasteiger partial charge on any atom is -0.483 e. The Morgan fingerprint density at radius 2 is 1.74 bits per heavy atom. The van der Waals surface area contributed by atoms with Crippen molar-refractivity contribution >= 4 is 58.1 Å². The van der Waals surface area contributed by atoms with Crippen molar-refractivity contribution in [1.82, 2.24) is 9.88 Å². The number of likely N-dealkylation sites (tertiary alicyclic amines) is 1. The SMILES string of the molecule is O=C(COc1ccccc1C1c2sc(=O)[nH]c2SC2C(=O)N(c3ccc(Cl)cc3)C(=O)C21)N1CCCCC1. The summed E-state index contributed by atoms with van der Waals surface area (Å²) in [5.74, 6) is -1.63. The van der Waals surface area contributed by atoms with Gasteiger partial charge in [0.2, 0.25) is 11.8 Å². The van der Waals surface area contributed by atoms with Crippen molar-refractivity contribution in [1.29, 1.82) is 0 Å². The molecule has 0 aliphatic carbocycles. The van der Waals surface area contributed by atoms with Crippen molar-refractivity contribution < 1.29 is 19.1 Å². The number of benzene rings is 2. The van der Waals surface area contributed by atoms with Crippen molar-refractivity contribution in [3.05, 3.63) is 73.7 Å². The number of amides is 3. The van der Waals surface area contributed by atoms with Gasteiger partial charge in [0.1, 0.15) is 11.0 Å². The van der Waals surface area contributed by atoms with Crippen LogP contribution in [0.5, 0.6) is 5.75 Å². The van der Waals surface area contributed by atoms with Crippen LogP contribution in [0, 0.1) is 5.92 Å². The lowest BCUT2D eigenvalue weighted by Gasteiger charge is -2.31. The number of hydrogen-bond donors (Lipinski definition) is 1. The monoisotopic (exact) mass is 569 g/mol. The van der Waals surface area contributed by atoms with Crippen molar-refractivity contribution in [2.24, 2.45) is 5.92 Å². The summed E-state index contributed by atoms with van der Waals surface area (Å²) in [6.45, 7) is 1.34. The van der Waals surface area contributed by atoms with E-state index in [1.54, 1.807) is 36.4 Å². The summed E-state index contributed by atoms with van der Waals surface area (Å²) in [4.78, 5) is 59.0. The molecule has 3 amide bonds. The molecule has 1 aromatic heterocycles. The van der Waals surface area contributed by atoms with Crippen LogP contribution in [0.1, 0.15) is 35.6 Å². The highest BCUT2D eigenvalue weighted by Gasteiger charge is 2.56. The van der Waals surface area contributed by atoms with Gasteiger partial charge in [0.25, 0.3) is 5.91 Å². The van der Waals surface area contributed by atoms with Gasteiger partial charge in [-0.3, -0.25) is 19.2 Å². The zero-order valence-electron chi connectivity index (χ0n) is 20.2. The normalized spacial score (nSPS) is 22.8. The fourth-order valence-corrected chi connectivity index (χ4v) is 8.07. The van der Waals surface area contributed by atoms with E-state index in [4.69, 9.17) is 16.3 Å². The molecule has 6 rings (SSSR count). The van der Waals surface area contributed by atoms with Crippen molar-refractivity contribution in [3.63, 3.8) is 0 Å². The summed E-state index contributed by atoms with van der Waals surface area (Å²) in [7, 11) is 0. The largest absolute Gasteiger partial charge is 0.483 e. The van der Waals surface area contributed by atoms with E-state index in [1.165, 1.54) is 16.7 Å². The molecule has 3 atom stereocenters. The Morgan fingerprint density at radius 1 is 1.00 bits per heavy atom. The molecule has 0 bridgehead atoms. The molecule has 3 aliphatic heterocycles. The Hall–Kier alpha value is -3.08. The van der Waals surface area contributed by atoms with E-state index < -0.39 is 17.1 Å². The highest BCUT2D eigenvalue weighted by molar-refractivity contribution is 8.00. The molecule has 3 aromatic rings. The predicted octanol–water partition coefficient (Wildman–Crippen LogP) is 4.28. The Bertz CT molecular complexity index is 1460. The predicted molar refractivity (Wildman–Crippen MR) is 146 cm³/mol. The van der Waals surface area contributed by atoms with E-state index in [0.717, 1.165) is 43.7 Å². The van der Waals surface area contributed by atoms with Gasteiger partial charge in [-0.05, 0) is 49.6 Å². The number of nitrogens with one attached hydrogen (secondary N) is 1. The number of nitrogens with zero attached hydrogens (tertiary/aromatic N) is 2. The van der Waals surface area contributed by atoms with E-state index in [2.05, 4.69) is 4.98 Å². The lowest BCUT2D eigenvalue weighted by atomic mass is 9.82. The van der Waals surface area contributed by atoms with E-state index in [9.17, 15) is 19.2 Å². The van der Waals surface area contributed by atoms with Gasteiger partial charge in [0.05, 0.1) is 16.6 Å². The number of rotatable bonds is 5. The Morgan fingerprint density at radius 3 is 2.50 bits per heavy atom. The molecule has 0 radical (unpaired) electrons. The van der Waals surface area contributed by atoms with Gasteiger partial charge in [0, 0.05) is 34.5 Å². The molecule has 0 spiro atoms. The molecule has 196 valence electrons. The number of H-pyrrole nitrogens is 1. The summed E-state index contributed by atoms with van der Waals surface area (Å²) in [5.41, 5.74) is 1.12. The number of carbonyl (C=O) groups is 3. The fourth-order valence-electron chi connectivity index (χ4n) is 5.44. The topological polar surface area (TPSA) is 99.8 Å². The third-order valence-electron chi connectivity index (χ3n) is 7.22. The number of halogens is 1. The van der Waals surface area contributed by atoms with Crippen LogP contribution >= 0.6 is 34.7 Å². The van der Waals surface area contributed by atoms with Gasteiger partial charge in [-0.1, -0.05) is 52.9 Å². The van der Waals surface area contributed by atoms with Crippen LogP contribution in [0.4, 0.5) is 5.69 Å². The second-order valence-electron chi connectivity index (χ2n) is 9.51. The zero-order valence-corrected chi connectivity index (χ0v) is 22.6. The van der Waals surface area contributed by atoms with Crippen LogP contribution < -0.4 is 14.5 Å². The van der Waals surface area contributed by atoms with Gasteiger partial charge < -0.3 is 14.6 Å². The molecule has 2 aromatic carbocycles. The number of hydrogen-bond acceptors (Lipinski definition) is 7. The van der Waals surface area contributed by atoms with Crippen molar-refractivity contribution in [2.75, 3.05) is 24.6 Å². The second kappa shape index (κ2) is 10.2. The zero-order chi connectivity index (χ0) is 26.4. The Labute approximate surface area is 231 Å². The highest BCUT2D eigenvalue weighted by Crippen LogP contribution is 2.54. The number of anilines is 1. The molecule has 11 heteroatoms. The lowest BCUT2D eigenvalue weighted by molar-refractivity contribution is -0.134. The van der Waals surface area contributed by atoms with E-state index in [1.807, 2.05) is 17.0 Å². The molecule has 3 aliphatic rings. The van der Waals surface area contributed by atoms with E-state index >= 15 is 0 Å². The summed E-state index contributed by atoms with van der Waals surface area (Å²) >= 11 is 8.29. The first-order valence-electron chi connectivity index (χ1n) is 12.4. The number of thioether (sulfide) groups is 1. The molecule has 3 unspecified atom stereocenters. The summed E-state index contributed by atoms with van der Waals surface area (Å²) in [6.07, 6.45) is 3.10. The Kier molecular flexibility index (Phi) is 6.79. The van der Waals surface area contributed by atoms with Gasteiger partial charge in [0.15, 0.2) is 6.61 Å². The molecule has 0 saturated carbocycles. The first-order chi connectivity index (χ1) is 18.4. The lowest BCUT2D eigenvalue weighted by Crippen LogP contribution is -2.38. The number of aromatic amines is 1. The Balaban J connectivity index is 1.36. The van der Waals surface area contributed by atoms with Crippen LogP contribution in [-0.2, 0) is 14.4 Å². The van der Waals surface area contributed by atoms with Crippen molar-refractivity contribution in [2.45, 2.75) is 35.5 Å². The summed E-state index contributed by atoms with van der Waals surface area (Å²) in [6, 6.07) is 13.8. The summed E-state index contributed by atoms with van der Waals surface area (Å²) < 4.78 is 6.06. The quantitative estimate of drug-likeness (QED) is 0.461. The molecule has 4 heterocycles. The van der Waals surface area contributed by atoms with Crippen LogP contribution in [0.25, 0.3) is 0 Å². The molecule has 2 fully saturated rings. The molecule has 2 saturated heterocycles. The van der Waals surface area contributed by atoms with Crippen molar-refractivity contribution in [3.8, 4) is 5.75 Å². The smallest absolute Gasteiger partial charge is 0.305 e. The number of piperidine rings is 1. The number of carbonyl (C=O) groups excluding carboxylic acids is 3. The minimum absolute atomic E-state index is 0.0791. The maximum absolute atomic E-state index is 13.9. The average molecular weight is 570 g/mol. The van der Waals surface area contributed by atoms with Gasteiger partial charge in [-0.2, -0.15) is 0 Å². The number of imide groups is 1. The maximum atomic E-state index is 13.9. The standard InChI is InChI=1S/C27H24ClN3O5S2/c28-15-8-10-16(11-9-15)31-25(33)21-20(22-24(29-27(35)38-22)37-23(21)26(31)34)17-6-2-3-7-18(17)36-14-19(32)30-12-4-1-5-13-30/h2-3,6-11,20-21,23H,1,4-5,12-14H2,(H,29,35). The molecule has 38 heavy (non-hydrogen) atoms. The maximum Gasteiger partial charge on any atom is 0.305 e. The highest BCUT2D eigenvalue weighted by atomic mass is 35.5. The van der Waals surface area contributed by atoms with Crippen LogP contribution in [0.2, 0.25) is 5.02 Å². The first-order valence-corrected chi connectivity index (χ1v) is 14.5. The molecular formula is C27H24ClN3O5S2. The van der Waals surface area contributed by atoms with E-state index in [0.29, 0.717) is 31.9 Å². The van der Waals surface area contributed by atoms with E-state index in [-0.39, 0.29) is 29.2 Å². The third-order valence-corrected chi connectivity index (χ3v) is 9.88. The number of thiazole rings is 1. The molecule has 1 N–H and O–H groups in total. The third kappa shape index (κ3) is 4.44. The first kappa shape index (κ1) is 25.2. The second-order valence-corrected chi connectivity index (χ2v) is 12.1. The number of fused-ring (bicyclic) bond motifs is 2. The number of ether oxygens (including phenoxy) is 1.